The molecule has 7 heteroatoms. The fourth-order valence-electron chi connectivity index (χ4n) is 4.45. The van der Waals surface area contributed by atoms with Crippen LogP contribution in [0.1, 0.15) is 24.6 Å². The molecule has 2 aliphatic rings. The van der Waals surface area contributed by atoms with Gasteiger partial charge in [-0.05, 0) is 56.1 Å². The summed E-state index contributed by atoms with van der Waals surface area (Å²) < 4.78 is 6.09. The van der Waals surface area contributed by atoms with Gasteiger partial charge in [0.1, 0.15) is 11.9 Å². The highest BCUT2D eigenvalue weighted by Crippen LogP contribution is 2.30. The van der Waals surface area contributed by atoms with E-state index in [4.69, 9.17) is 10.5 Å². The molecule has 1 atom stereocenters. The molecule has 166 valence electrons. The van der Waals surface area contributed by atoms with Gasteiger partial charge in [-0.3, -0.25) is 4.98 Å². The van der Waals surface area contributed by atoms with E-state index in [-0.39, 0.29) is 6.17 Å². The van der Waals surface area contributed by atoms with E-state index >= 15 is 0 Å². The molecular formula is C25H30N6O. The quantitative estimate of drug-likeness (QED) is 0.530. The fourth-order valence-corrected chi connectivity index (χ4v) is 4.45. The smallest absolute Gasteiger partial charge is 0.121 e. The standard InChI is InChI=1S/C25H30N6O/c26-25-21-6-5-19(15-24(21)29-17-30-25)32-16-18-8-12-31(13-9-18)14-11-28-23-7-10-27-22-4-2-1-3-20(22)23/h1-7,10,15,17-18,25H,8-9,11-14,16,26H2,(H,27,28)(H,29,30). The highest BCUT2D eigenvalue weighted by atomic mass is 16.5. The molecule has 5 rings (SSSR count). The number of piperidine rings is 1. The number of hydrogen-bond donors (Lipinski definition) is 3. The van der Waals surface area contributed by atoms with Crippen molar-refractivity contribution in [2.75, 3.05) is 38.1 Å². The van der Waals surface area contributed by atoms with E-state index in [1.54, 1.807) is 6.34 Å². The minimum atomic E-state index is -0.201. The number of aromatic nitrogens is 1. The Morgan fingerprint density at radius 1 is 1.12 bits per heavy atom. The second kappa shape index (κ2) is 9.54. The molecule has 32 heavy (non-hydrogen) atoms. The largest absolute Gasteiger partial charge is 0.493 e. The van der Waals surface area contributed by atoms with Crippen LogP contribution in [-0.2, 0) is 0 Å². The molecule has 4 N–H and O–H groups in total. The van der Waals surface area contributed by atoms with Crippen LogP contribution in [0.5, 0.6) is 5.75 Å². The van der Waals surface area contributed by atoms with Crippen LogP contribution >= 0.6 is 0 Å². The van der Waals surface area contributed by atoms with Crippen molar-refractivity contribution in [1.82, 2.24) is 15.2 Å². The van der Waals surface area contributed by atoms with Gasteiger partial charge < -0.3 is 26.0 Å². The first-order valence-corrected chi connectivity index (χ1v) is 11.4. The summed E-state index contributed by atoms with van der Waals surface area (Å²) in [5.74, 6) is 1.46. The number of hydrogen-bond acceptors (Lipinski definition) is 7. The van der Waals surface area contributed by atoms with Gasteiger partial charge in [-0.1, -0.05) is 18.2 Å². The fraction of sp³-hybridized carbons (Fsp3) is 0.360. The van der Waals surface area contributed by atoms with Crippen molar-refractivity contribution in [3.05, 3.63) is 60.3 Å². The van der Waals surface area contributed by atoms with Crippen LogP contribution in [0.15, 0.2) is 59.7 Å². The zero-order valence-electron chi connectivity index (χ0n) is 18.2. The maximum Gasteiger partial charge on any atom is 0.121 e. The number of rotatable bonds is 7. The molecular weight excluding hydrogens is 400 g/mol. The number of likely N-dealkylation sites (tertiary alicyclic amines) is 1. The van der Waals surface area contributed by atoms with Crippen LogP contribution < -0.4 is 21.1 Å². The van der Waals surface area contributed by atoms with Gasteiger partial charge in [0.25, 0.3) is 0 Å². The molecule has 0 radical (unpaired) electrons. The molecule has 0 amide bonds. The van der Waals surface area contributed by atoms with Crippen LogP contribution in [0.4, 0.5) is 11.4 Å². The summed E-state index contributed by atoms with van der Waals surface area (Å²) in [7, 11) is 0. The molecule has 1 fully saturated rings. The molecule has 0 saturated carbocycles. The van der Waals surface area contributed by atoms with Crippen molar-refractivity contribution in [2.45, 2.75) is 19.0 Å². The van der Waals surface area contributed by atoms with Crippen molar-refractivity contribution < 1.29 is 4.74 Å². The molecule has 0 spiro atoms. The predicted octanol–water partition coefficient (Wildman–Crippen LogP) is 3.66. The average Bonchev–Trinajstić information content (AvgIpc) is 2.84. The van der Waals surface area contributed by atoms with E-state index in [1.165, 1.54) is 5.39 Å². The molecule has 0 bridgehead atoms. The Balaban J connectivity index is 1.06. The molecule has 0 aliphatic carbocycles. The van der Waals surface area contributed by atoms with E-state index in [1.807, 2.05) is 30.5 Å². The second-order valence-electron chi connectivity index (χ2n) is 8.52. The lowest BCUT2D eigenvalue weighted by Crippen LogP contribution is -2.38. The first-order chi connectivity index (χ1) is 15.8. The first-order valence-electron chi connectivity index (χ1n) is 11.4. The molecule has 1 saturated heterocycles. The summed E-state index contributed by atoms with van der Waals surface area (Å²) in [5.41, 5.74) is 10.1. The number of nitrogens with zero attached hydrogens (tertiary/aromatic N) is 3. The summed E-state index contributed by atoms with van der Waals surface area (Å²) in [4.78, 5) is 11.3. The van der Waals surface area contributed by atoms with Gasteiger partial charge in [0.15, 0.2) is 0 Å². The van der Waals surface area contributed by atoms with E-state index < -0.39 is 0 Å². The Hall–Kier alpha value is -3.16. The van der Waals surface area contributed by atoms with Gasteiger partial charge in [-0.15, -0.1) is 0 Å². The Bertz CT molecular complexity index is 1090. The number of nitrogens with two attached hydrogens (primary N) is 1. The summed E-state index contributed by atoms with van der Waals surface area (Å²) in [6, 6.07) is 16.3. The van der Waals surface area contributed by atoms with Gasteiger partial charge in [-0.25, -0.2) is 4.99 Å². The summed E-state index contributed by atoms with van der Waals surface area (Å²) >= 11 is 0. The third-order valence-electron chi connectivity index (χ3n) is 6.38. The Morgan fingerprint density at radius 3 is 2.91 bits per heavy atom. The topological polar surface area (TPSA) is 87.8 Å². The highest BCUT2D eigenvalue weighted by Gasteiger charge is 2.20. The van der Waals surface area contributed by atoms with Gasteiger partial charge >= 0.3 is 0 Å². The van der Waals surface area contributed by atoms with Gasteiger partial charge in [0.05, 0.1) is 24.1 Å². The van der Waals surface area contributed by atoms with Crippen LogP contribution in [0.3, 0.4) is 0 Å². The summed E-state index contributed by atoms with van der Waals surface area (Å²) in [6.45, 7) is 4.95. The van der Waals surface area contributed by atoms with Crippen molar-refractivity contribution in [3.8, 4) is 5.75 Å². The lowest BCUT2D eigenvalue weighted by Gasteiger charge is -2.32. The number of ether oxygens (including phenoxy) is 1. The lowest BCUT2D eigenvalue weighted by atomic mass is 9.98. The zero-order chi connectivity index (χ0) is 21.8. The molecule has 1 unspecified atom stereocenters. The Kier molecular flexibility index (Phi) is 6.18. The third kappa shape index (κ3) is 4.69. The first kappa shape index (κ1) is 20.7. The van der Waals surface area contributed by atoms with E-state index in [0.717, 1.165) is 73.8 Å². The van der Waals surface area contributed by atoms with Crippen LogP contribution in [-0.4, -0.2) is 49.0 Å². The van der Waals surface area contributed by atoms with Gasteiger partial charge in [0, 0.05) is 42.0 Å². The average molecular weight is 431 g/mol. The number of pyridine rings is 1. The molecule has 2 aromatic carbocycles. The SMILES string of the molecule is NC1NC=Nc2cc(OCC3CCN(CCNc4ccnc5ccccc45)CC3)ccc21. The maximum absolute atomic E-state index is 6.09. The predicted molar refractivity (Wildman–Crippen MR) is 130 cm³/mol. The van der Waals surface area contributed by atoms with Crippen molar-refractivity contribution in [2.24, 2.45) is 16.6 Å². The monoisotopic (exact) mass is 430 g/mol. The maximum atomic E-state index is 6.09. The Labute approximate surface area is 188 Å². The molecule has 2 aliphatic heterocycles. The Morgan fingerprint density at radius 2 is 2.00 bits per heavy atom. The van der Waals surface area contributed by atoms with Crippen LogP contribution in [0.25, 0.3) is 10.9 Å². The number of nitrogens with one attached hydrogen (secondary N) is 2. The number of fused-ring (bicyclic) bond motifs is 2. The zero-order valence-corrected chi connectivity index (χ0v) is 18.2. The van der Waals surface area contributed by atoms with E-state index in [2.05, 4.69) is 49.8 Å². The number of anilines is 1. The molecule has 1 aromatic heterocycles. The van der Waals surface area contributed by atoms with E-state index in [9.17, 15) is 0 Å². The number of benzene rings is 2. The van der Waals surface area contributed by atoms with Gasteiger partial charge in [-0.2, -0.15) is 0 Å². The summed E-state index contributed by atoms with van der Waals surface area (Å²) in [5, 5.41) is 7.78. The molecule has 3 aromatic rings. The van der Waals surface area contributed by atoms with Crippen molar-refractivity contribution >= 4 is 28.6 Å². The molecule has 7 nitrogen and oxygen atoms in total. The number of para-hydroxylation sites is 1. The summed E-state index contributed by atoms with van der Waals surface area (Å²) in [6.07, 6.45) is 5.65. The van der Waals surface area contributed by atoms with E-state index in [0.29, 0.717) is 5.92 Å². The second-order valence-corrected chi connectivity index (χ2v) is 8.52. The van der Waals surface area contributed by atoms with Crippen molar-refractivity contribution in [1.29, 1.82) is 0 Å². The van der Waals surface area contributed by atoms with Crippen molar-refractivity contribution in [3.63, 3.8) is 0 Å². The highest BCUT2D eigenvalue weighted by molar-refractivity contribution is 5.90. The minimum absolute atomic E-state index is 0.201. The number of aliphatic imine (C=N–C) groups is 1. The minimum Gasteiger partial charge on any atom is -0.493 e. The van der Waals surface area contributed by atoms with Crippen LogP contribution in [0.2, 0.25) is 0 Å². The normalized spacial score (nSPS) is 18.8. The molecule has 3 heterocycles. The third-order valence-corrected chi connectivity index (χ3v) is 6.38. The van der Waals surface area contributed by atoms with Crippen LogP contribution in [0, 0.1) is 5.92 Å². The van der Waals surface area contributed by atoms with Gasteiger partial charge in [0.2, 0.25) is 0 Å². The lowest BCUT2D eigenvalue weighted by molar-refractivity contribution is 0.144.